The molecule has 0 atom stereocenters. The van der Waals surface area contributed by atoms with Crippen molar-refractivity contribution in [1.82, 2.24) is 9.55 Å². The van der Waals surface area contributed by atoms with Crippen molar-refractivity contribution in [3.8, 4) is 5.69 Å². The summed E-state index contributed by atoms with van der Waals surface area (Å²) in [5, 5.41) is 0. The lowest BCUT2D eigenvalue weighted by molar-refractivity contribution is 0.964. The zero-order valence-corrected chi connectivity index (χ0v) is 9.75. The Balaban J connectivity index is 2.58. The SMILES string of the molecule is Cc1cc(Br)ccc1-n1ccnc1C. The van der Waals surface area contributed by atoms with Gasteiger partial charge < -0.3 is 4.57 Å². The average molecular weight is 251 g/mol. The van der Waals surface area contributed by atoms with Gasteiger partial charge in [0.25, 0.3) is 0 Å². The van der Waals surface area contributed by atoms with Crippen molar-refractivity contribution in [3.63, 3.8) is 0 Å². The molecule has 2 nitrogen and oxygen atoms in total. The van der Waals surface area contributed by atoms with Crippen LogP contribution >= 0.6 is 15.9 Å². The summed E-state index contributed by atoms with van der Waals surface area (Å²) in [6.07, 6.45) is 3.79. The van der Waals surface area contributed by atoms with Gasteiger partial charge in [-0.1, -0.05) is 15.9 Å². The van der Waals surface area contributed by atoms with E-state index >= 15 is 0 Å². The van der Waals surface area contributed by atoms with Crippen LogP contribution in [-0.4, -0.2) is 9.55 Å². The summed E-state index contributed by atoms with van der Waals surface area (Å²) in [6, 6.07) is 6.24. The summed E-state index contributed by atoms with van der Waals surface area (Å²) in [5.41, 5.74) is 2.42. The minimum Gasteiger partial charge on any atom is -0.304 e. The van der Waals surface area contributed by atoms with Crippen molar-refractivity contribution in [2.45, 2.75) is 13.8 Å². The standard InChI is InChI=1S/C11H11BrN2/c1-8-7-10(12)3-4-11(8)14-6-5-13-9(14)2/h3-7H,1-2H3. The lowest BCUT2D eigenvalue weighted by Crippen LogP contribution is -1.97. The Morgan fingerprint density at radius 2 is 2.07 bits per heavy atom. The molecule has 0 aliphatic carbocycles. The Morgan fingerprint density at radius 1 is 1.29 bits per heavy atom. The topological polar surface area (TPSA) is 17.8 Å². The van der Waals surface area contributed by atoms with Crippen LogP contribution in [0.1, 0.15) is 11.4 Å². The van der Waals surface area contributed by atoms with Gasteiger partial charge in [0.15, 0.2) is 0 Å². The van der Waals surface area contributed by atoms with Crippen LogP contribution in [0.15, 0.2) is 35.1 Å². The molecule has 1 aromatic carbocycles. The molecular weight excluding hydrogens is 240 g/mol. The van der Waals surface area contributed by atoms with Gasteiger partial charge in [0.05, 0.1) is 0 Å². The zero-order chi connectivity index (χ0) is 10.1. The summed E-state index contributed by atoms with van der Waals surface area (Å²) < 4.78 is 3.19. The monoisotopic (exact) mass is 250 g/mol. The minimum atomic E-state index is 1.01. The molecule has 2 rings (SSSR count). The quantitative estimate of drug-likeness (QED) is 0.760. The molecular formula is C11H11BrN2. The fourth-order valence-electron chi connectivity index (χ4n) is 1.52. The third-order valence-corrected chi connectivity index (χ3v) is 2.74. The number of imidazole rings is 1. The van der Waals surface area contributed by atoms with Gasteiger partial charge >= 0.3 is 0 Å². The molecule has 0 radical (unpaired) electrons. The molecule has 0 N–H and O–H groups in total. The van der Waals surface area contributed by atoms with Crippen molar-refractivity contribution in [2.24, 2.45) is 0 Å². The zero-order valence-electron chi connectivity index (χ0n) is 8.16. The summed E-state index contributed by atoms with van der Waals surface area (Å²) in [4.78, 5) is 4.21. The van der Waals surface area contributed by atoms with Gasteiger partial charge in [-0.3, -0.25) is 0 Å². The van der Waals surface area contributed by atoms with E-state index in [0.29, 0.717) is 0 Å². The van der Waals surface area contributed by atoms with E-state index in [4.69, 9.17) is 0 Å². The molecule has 0 aliphatic rings. The molecule has 14 heavy (non-hydrogen) atoms. The molecule has 2 aromatic rings. The highest BCUT2D eigenvalue weighted by Gasteiger charge is 2.03. The first-order valence-corrected chi connectivity index (χ1v) is 5.24. The molecule has 3 heteroatoms. The highest BCUT2D eigenvalue weighted by atomic mass is 79.9. The maximum atomic E-state index is 4.21. The molecule has 0 spiro atoms. The fraction of sp³-hybridized carbons (Fsp3) is 0.182. The van der Waals surface area contributed by atoms with Gasteiger partial charge in [-0.05, 0) is 37.6 Å². The van der Waals surface area contributed by atoms with Gasteiger partial charge in [0.2, 0.25) is 0 Å². The number of halogens is 1. The van der Waals surface area contributed by atoms with Crippen molar-refractivity contribution in [2.75, 3.05) is 0 Å². The maximum Gasteiger partial charge on any atom is 0.110 e. The highest BCUT2D eigenvalue weighted by molar-refractivity contribution is 9.10. The summed E-state index contributed by atoms with van der Waals surface area (Å²) in [5.74, 6) is 1.01. The van der Waals surface area contributed by atoms with Gasteiger partial charge in [0, 0.05) is 22.6 Å². The third kappa shape index (κ3) is 1.60. The number of nitrogens with zero attached hydrogens (tertiary/aromatic N) is 2. The molecule has 72 valence electrons. The number of rotatable bonds is 1. The lowest BCUT2D eigenvalue weighted by atomic mass is 10.2. The van der Waals surface area contributed by atoms with E-state index in [1.807, 2.05) is 25.4 Å². The van der Waals surface area contributed by atoms with E-state index in [1.54, 1.807) is 0 Å². The Bertz CT molecular complexity index is 460. The van der Waals surface area contributed by atoms with Crippen LogP contribution in [0.5, 0.6) is 0 Å². The second kappa shape index (κ2) is 3.58. The van der Waals surface area contributed by atoms with Gasteiger partial charge in [-0.15, -0.1) is 0 Å². The largest absolute Gasteiger partial charge is 0.304 e. The first kappa shape index (κ1) is 9.46. The highest BCUT2D eigenvalue weighted by Crippen LogP contribution is 2.20. The van der Waals surface area contributed by atoms with Crippen LogP contribution < -0.4 is 0 Å². The minimum absolute atomic E-state index is 1.01. The van der Waals surface area contributed by atoms with Crippen LogP contribution in [0, 0.1) is 13.8 Å². The number of hydrogen-bond acceptors (Lipinski definition) is 1. The van der Waals surface area contributed by atoms with E-state index in [9.17, 15) is 0 Å². The average Bonchev–Trinajstić information content (AvgIpc) is 2.52. The number of hydrogen-bond donors (Lipinski definition) is 0. The molecule has 0 unspecified atom stereocenters. The predicted octanol–water partition coefficient (Wildman–Crippen LogP) is 3.25. The molecule has 0 fully saturated rings. The second-order valence-electron chi connectivity index (χ2n) is 3.28. The lowest BCUT2D eigenvalue weighted by Gasteiger charge is -2.08. The number of aryl methyl sites for hydroxylation is 2. The van der Waals surface area contributed by atoms with Crippen molar-refractivity contribution >= 4 is 15.9 Å². The van der Waals surface area contributed by atoms with Crippen LogP contribution in [0.25, 0.3) is 5.69 Å². The predicted molar refractivity (Wildman–Crippen MR) is 60.7 cm³/mol. The van der Waals surface area contributed by atoms with E-state index in [-0.39, 0.29) is 0 Å². The van der Waals surface area contributed by atoms with Gasteiger partial charge in [-0.25, -0.2) is 4.98 Å². The normalized spacial score (nSPS) is 10.5. The van der Waals surface area contributed by atoms with Gasteiger partial charge in [-0.2, -0.15) is 0 Å². The summed E-state index contributed by atoms with van der Waals surface area (Å²) in [6.45, 7) is 4.10. The summed E-state index contributed by atoms with van der Waals surface area (Å²) in [7, 11) is 0. The molecule has 0 aliphatic heterocycles. The van der Waals surface area contributed by atoms with Crippen molar-refractivity contribution in [1.29, 1.82) is 0 Å². The first-order valence-electron chi connectivity index (χ1n) is 4.45. The van der Waals surface area contributed by atoms with E-state index < -0.39 is 0 Å². The molecule has 0 amide bonds. The third-order valence-electron chi connectivity index (χ3n) is 2.24. The number of aromatic nitrogens is 2. The molecule has 0 saturated heterocycles. The second-order valence-corrected chi connectivity index (χ2v) is 4.19. The molecule has 0 bridgehead atoms. The molecule has 1 aromatic heterocycles. The van der Waals surface area contributed by atoms with Crippen LogP contribution in [0.2, 0.25) is 0 Å². The Kier molecular flexibility index (Phi) is 2.42. The van der Waals surface area contributed by atoms with E-state index in [1.165, 1.54) is 11.3 Å². The van der Waals surface area contributed by atoms with E-state index in [2.05, 4.69) is 44.5 Å². The van der Waals surface area contributed by atoms with Crippen LogP contribution in [0.4, 0.5) is 0 Å². The molecule has 1 heterocycles. The van der Waals surface area contributed by atoms with Crippen molar-refractivity contribution in [3.05, 3.63) is 46.5 Å². The summed E-state index contributed by atoms with van der Waals surface area (Å²) >= 11 is 3.45. The van der Waals surface area contributed by atoms with Crippen LogP contribution in [-0.2, 0) is 0 Å². The Morgan fingerprint density at radius 3 is 2.64 bits per heavy atom. The number of benzene rings is 1. The first-order chi connectivity index (χ1) is 6.68. The van der Waals surface area contributed by atoms with E-state index in [0.717, 1.165) is 10.3 Å². The molecule has 0 saturated carbocycles. The van der Waals surface area contributed by atoms with Gasteiger partial charge in [0.1, 0.15) is 5.82 Å². The Labute approximate surface area is 91.7 Å². The Hall–Kier alpha value is -1.09. The van der Waals surface area contributed by atoms with Crippen LogP contribution in [0.3, 0.4) is 0 Å². The smallest absolute Gasteiger partial charge is 0.110 e. The maximum absolute atomic E-state index is 4.21. The van der Waals surface area contributed by atoms with Crippen molar-refractivity contribution < 1.29 is 0 Å². The fourth-order valence-corrected chi connectivity index (χ4v) is 2.00.